The van der Waals surface area contributed by atoms with Crippen molar-refractivity contribution in [1.82, 2.24) is 9.55 Å². The number of rotatable bonds is 2. The lowest BCUT2D eigenvalue weighted by Gasteiger charge is -2.10. The second kappa shape index (κ2) is 4.44. The van der Waals surface area contributed by atoms with E-state index >= 15 is 0 Å². The Morgan fingerprint density at radius 3 is 2.79 bits per heavy atom. The van der Waals surface area contributed by atoms with Gasteiger partial charge >= 0.3 is 0 Å². The molecule has 5 heteroatoms. The van der Waals surface area contributed by atoms with Crippen molar-refractivity contribution < 1.29 is 4.39 Å². The van der Waals surface area contributed by atoms with E-state index in [1.807, 2.05) is 28.8 Å². The summed E-state index contributed by atoms with van der Waals surface area (Å²) in [6.45, 7) is 0. The molecule has 0 bridgehead atoms. The maximum absolute atomic E-state index is 13.3. The van der Waals surface area contributed by atoms with Gasteiger partial charge in [-0.1, -0.05) is 24.4 Å². The summed E-state index contributed by atoms with van der Waals surface area (Å²) < 4.78 is 15.2. The topological polar surface area (TPSA) is 43.8 Å². The Balaban J connectivity index is 2.30. The molecule has 0 aliphatic rings. The average Bonchev–Trinajstić information content (AvgIpc) is 2.82. The summed E-state index contributed by atoms with van der Waals surface area (Å²) in [5.74, 6) is -0.365. The van der Waals surface area contributed by atoms with E-state index in [4.69, 9.17) is 18.0 Å². The summed E-state index contributed by atoms with van der Waals surface area (Å²) in [6, 6.07) is 12.1. The zero-order chi connectivity index (χ0) is 13.4. The molecule has 0 aliphatic carbocycles. The molecule has 0 radical (unpaired) electrons. The van der Waals surface area contributed by atoms with Crippen molar-refractivity contribution in [3.8, 4) is 5.69 Å². The highest BCUT2D eigenvalue weighted by Gasteiger charge is 2.11. The van der Waals surface area contributed by atoms with Gasteiger partial charge in [0.1, 0.15) is 17.1 Å². The van der Waals surface area contributed by atoms with Crippen LogP contribution in [0.1, 0.15) is 5.56 Å². The Morgan fingerprint density at radius 2 is 2.00 bits per heavy atom. The van der Waals surface area contributed by atoms with E-state index in [0.29, 0.717) is 5.56 Å². The summed E-state index contributed by atoms with van der Waals surface area (Å²) in [5.41, 5.74) is 8.67. The van der Waals surface area contributed by atoms with Gasteiger partial charge in [-0.15, -0.1) is 0 Å². The minimum atomic E-state index is -0.365. The Kier molecular flexibility index (Phi) is 2.76. The number of hydrogen-bond donors (Lipinski definition) is 1. The fourth-order valence-corrected chi connectivity index (χ4v) is 2.23. The molecule has 2 N–H and O–H groups in total. The molecular weight excluding hydrogens is 261 g/mol. The molecule has 0 fully saturated rings. The van der Waals surface area contributed by atoms with Crippen LogP contribution in [0.3, 0.4) is 0 Å². The van der Waals surface area contributed by atoms with Crippen molar-refractivity contribution in [3.05, 3.63) is 60.2 Å². The lowest BCUT2D eigenvalue weighted by atomic mass is 10.1. The third kappa shape index (κ3) is 1.98. The highest BCUT2D eigenvalue weighted by Crippen LogP contribution is 2.21. The smallest absolute Gasteiger partial charge is 0.124 e. The number of halogens is 1. The minimum absolute atomic E-state index is 0.160. The standard InChI is InChI=1S/C14H10FN3S/c15-9-5-6-12(10(7-9)14(16)19)18-8-17-11-3-1-2-4-13(11)18/h1-8H,(H2,16,19). The molecule has 0 saturated heterocycles. The van der Waals surface area contributed by atoms with Gasteiger partial charge in [0.15, 0.2) is 0 Å². The van der Waals surface area contributed by atoms with Crippen LogP contribution in [0.4, 0.5) is 4.39 Å². The van der Waals surface area contributed by atoms with Gasteiger partial charge in [-0.3, -0.25) is 4.57 Å². The van der Waals surface area contributed by atoms with Gasteiger partial charge in [-0.2, -0.15) is 0 Å². The van der Waals surface area contributed by atoms with Gasteiger partial charge < -0.3 is 5.73 Å². The summed E-state index contributed by atoms with van der Waals surface area (Å²) in [4.78, 5) is 4.46. The van der Waals surface area contributed by atoms with Gasteiger partial charge in [0.2, 0.25) is 0 Å². The number of nitrogens with two attached hydrogens (primary N) is 1. The lowest BCUT2D eigenvalue weighted by molar-refractivity contribution is 0.627. The molecule has 0 spiro atoms. The Morgan fingerprint density at radius 1 is 1.21 bits per heavy atom. The second-order valence-corrected chi connectivity index (χ2v) is 4.57. The number of nitrogens with zero attached hydrogens (tertiary/aromatic N) is 2. The molecule has 19 heavy (non-hydrogen) atoms. The largest absolute Gasteiger partial charge is 0.389 e. The third-order valence-corrected chi connectivity index (χ3v) is 3.16. The zero-order valence-electron chi connectivity index (χ0n) is 9.88. The van der Waals surface area contributed by atoms with Crippen molar-refractivity contribution >= 4 is 28.2 Å². The van der Waals surface area contributed by atoms with Crippen LogP contribution >= 0.6 is 12.2 Å². The monoisotopic (exact) mass is 271 g/mol. The molecular formula is C14H10FN3S. The normalized spacial score (nSPS) is 10.8. The number of imidazole rings is 1. The van der Waals surface area contributed by atoms with E-state index in [2.05, 4.69) is 4.98 Å². The Labute approximate surface area is 114 Å². The molecule has 3 aromatic rings. The first kappa shape index (κ1) is 11.8. The van der Waals surface area contributed by atoms with Crippen molar-refractivity contribution in [2.75, 3.05) is 0 Å². The lowest BCUT2D eigenvalue weighted by Crippen LogP contribution is -2.13. The van der Waals surface area contributed by atoms with Gasteiger partial charge in [-0.25, -0.2) is 9.37 Å². The fraction of sp³-hybridized carbons (Fsp3) is 0. The Bertz CT molecular complexity index is 779. The first-order valence-electron chi connectivity index (χ1n) is 5.68. The molecule has 3 rings (SSSR count). The summed E-state index contributed by atoms with van der Waals surface area (Å²) in [6.07, 6.45) is 1.68. The van der Waals surface area contributed by atoms with Crippen LogP contribution in [-0.4, -0.2) is 14.5 Å². The van der Waals surface area contributed by atoms with Crippen LogP contribution < -0.4 is 5.73 Å². The maximum atomic E-state index is 13.3. The van der Waals surface area contributed by atoms with E-state index in [1.54, 1.807) is 12.4 Å². The zero-order valence-corrected chi connectivity index (χ0v) is 10.7. The molecule has 2 aromatic carbocycles. The molecule has 0 unspecified atom stereocenters. The van der Waals surface area contributed by atoms with Gasteiger partial charge in [-0.05, 0) is 30.3 Å². The quantitative estimate of drug-likeness (QED) is 0.729. The molecule has 0 aliphatic heterocycles. The molecule has 0 atom stereocenters. The van der Waals surface area contributed by atoms with Crippen molar-refractivity contribution in [2.45, 2.75) is 0 Å². The summed E-state index contributed by atoms with van der Waals surface area (Å²) in [5, 5.41) is 0. The van der Waals surface area contributed by atoms with Crippen LogP contribution in [-0.2, 0) is 0 Å². The van der Waals surface area contributed by atoms with Crippen LogP contribution in [0.15, 0.2) is 48.8 Å². The van der Waals surface area contributed by atoms with E-state index in [-0.39, 0.29) is 10.8 Å². The minimum Gasteiger partial charge on any atom is -0.389 e. The summed E-state index contributed by atoms with van der Waals surface area (Å²) in [7, 11) is 0. The predicted octanol–water partition coefficient (Wildman–Crippen LogP) is 2.80. The molecule has 1 aromatic heterocycles. The molecule has 94 valence electrons. The maximum Gasteiger partial charge on any atom is 0.124 e. The SMILES string of the molecule is NC(=S)c1cc(F)ccc1-n1cnc2ccccc21. The van der Waals surface area contributed by atoms with Crippen molar-refractivity contribution in [1.29, 1.82) is 0 Å². The first-order chi connectivity index (χ1) is 9.16. The van der Waals surface area contributed by atoms with Crippen LogP contribution in [0.5, 0.6) is 0 Å². The number of aromatic nitrogens is 2. The van der Waals surface area contributed by atoms with Crippen molar-refractivity contribution in [3.63, 3.8) is 0 Å². The predicted molar refractivity (Wildman–Crippen MR) is 76.9 cm³/mol. The Hall–Kier alpha value is -2.27. The second-order valence-electron chi connectivity index (χ2n) is 4.13. The highest BCUT2D eigenvalue weighted by atomic mass is 32.1. The highest BCUT2D eigenvalue weighted by molar-refractivity contribution is 7.80. The number of para-hydroxylation sites is 2. The van der Waals surface area contributed by atoms with Crippen LogP contribution in [0.2, 0.25) is 0 Å². The number of fused-ring (bicyclic) bond motifs is 1. The number of hydrogen-bond acceptors (Lipinski definition) is 2. The van der Waals surface area contributed by atoms with E-state index in [1.165, 1.54) is 12.1 Å². The van der Waals surface area contributed by atoms with E-state index in [0.717, 1.165) is 16.7 Å². The van der Waals surface area contributed by atoms with Gasteiger partial charge in [0, 0.05) is 5.56 Å². The summed E-state index contributed by atoms with van der Waals surface area (Å²) >= 11 is 4.98. The molecule has 1 heterocycles. The third-order valence-electron chi connectivity index (χ3n) is 2.94. The average molecular weight is 271 g/mol. The van der Waals surface area contributed by atoms with Crippen molar-refractivity contribution in [2.24, 2.45) is 5.73 Å². The van der Waals surface area contributed by atoms with E-state index < -0.39 is 0 Å². The van der Waals surface area contributed by atoms with E-state index in [9.17, 15) is 4.39 Å². The molecule has 0 saturated carbocycles. The van der Waals surface area contributed by atoms with Gasteiger partial charge in [0.25, 0.3) is 0 Å². The number of benzene rings is 2. The molecule has 0 amide bonds. The van der Waals surface area contributed by atoms with Crippen LogP contribution in [0.25, 0.3) is 16.7 Å². The number of thiocarbonyl (C=S) groups is 1. The fourth-order valence-electron chi connectivity index (χ4n) is 2.07. The molecule has 3 nitrogen and oxygen atoms in total. The van der Waals surface area contributed by atoms with Gasteiger partial charge in [0.05, 0.1) is 16.7 Å². The first-order valence-corrected chi connectivity index (χ1v) is 6.09. The van der Waals surface area contributed by atoms with Crippen LogP contribution in [0, 0.1) is 5.82 Å².